The molecule has 1 fully saturated rings. The van der Waals surface area contributed by atoms with Crippen LogP contribution in [0.25, 0.3) is 0 Å². The van der Waals surface area contributed by atoms with Crippen molar-refractivity contribution >= 4 is 5.97 Å². The fraction of sp³-hybridized carbons (Fsp3) is 0.545. The molecule has 1 aliphatic rings. The van der Waals surface area contributed by atoms with Crippen LogP contribution in [-0.2, 0) is 11.2 Å². The van der Waals surface area contributed by atoms with Gasteiger partial charge in [0.1, 0.15) is 5.69 Å². The Morgan fingerprint density at radius 1 is 1.59 bits per heavy atom. The highest BCUT2D eigenvalue weighted by Gasteiger charge is 2.27. The highest BCUT2D eigenvalue weighted by atomic mass is 16.5. The topological polar surface area (TPSA) is 92.3 Å². The summed E-state index contributed by atoms with van der Waals surface area (Å²) < 4.78 is 4.72. The van der Waals surface area contributed by atoms with Crippen molar-refractivity contribution in [1.29, 1.82) is 0 Å². The number of H-pyrrole nitrogens is 1. The molecule has 1 saturated carbocycles. The van der Waals surface area contributed by atoms with E-state index >= 15 is 0 Å². The molecule has 0 bridgehead atoms. The van der Waals surface area contributed by atoms with Crippen LogP contribution in [0.15, 0.2) is 4.79 Å². The van der Waals surface area contributed by atoms with Crippen molar-refractivity contribution in [2.45, 2.75) is 26.2 Å². The van der Waals surface area contributed by atoms with E-state index in [-0.39, 0.29) is 17.9 Å². The van der Waals surface area contributed by atoms with Crippen LogP contribution in [0.2, 0.25) is 0 Å². The Labute approximate surface area is 97.6 Å². The first-order chi connectivity index (χ1) is 8.13. The standard InChI is InChI=1S/C11H14N2O4/c1-2-17-11(16)8-9(14)7(5-6-3-4-6)12-13-10(8)15/h6H,2-5H2,1H3,(H2,13,14,15). The largest absolute Gasteiger partial charge is 0.505 e. The Balaban J connectivity index is 2.34. The van der Waals surface area contributed by atoms with Crippen molar-refractivity contribution in [3.05, 3.63) is 21.6 Å². The van der Waals surface area contributed by atoms with Crippen LogP contribution in [0.1, 0.15) is 35.8 Å². The van der Waals surface area contributed by atoms with E-state index in [1.165, 1.54) is 0 Å². The number of aromatic amines is 1. The van der Waals surface area contributed by atoms with Gasteiger partial charge in [-0.05, 0) is 32.1 Å². The zero-order valence-electron chi connectivity index (χ0n) is 9.52. The molecule has 0 unspecified atom stereocenters. The van der Waals surface area contributed by atoms with Crippen molar-refractivity contribution in [3.8, 4) is 5.75 Å². The van der Waals surface area contributed by atoms with Gasteiger partial charge in [-0.2, -0.15) is 5.10 Å². The maximum absolute atomic E-state index is 11.5. The van der Waals surface area contributed by atoms with Gasteiger partial charge in [-0.15, -0.1) is 0 Å². The zero-order valence-corrected chi connectivity index (χ0v) is 9.52. The SMILES string of the molecule is CCOC(=O)c1c(O)c(CC2CC2)n[nH]c1=O. The molecule has 0 aromatic carbocycles. The Hall–Kier alpha value is -1.85. The first-order valence-corrected chi connectivity index (χ1v) is 5.61. The second kappa shape index (κ2) is 4.57. The van der Waals surface area contributed by atoms with E-state index in [0.29, 0.717) is 18.0 Å². The van der Waals surface area contributed by atoms with E-state index in [1.54, 1.807) is 6.92 Å². The predicted octanol–water partition coefficient (Wildman–Crippen LogP) is 0.605. The van der Waals surface area contributed by atoms with Gasteiger partial charge in [0.05, 0.1) is 6.61 Å². The molecule has 1 aromatic heterocycles. The second-order valence-electron chi connectivity index (χ2n) is 4.09. The molecule has 0 spiro atoms. The minimum absolute atomic E-state index is 0.151. The van der Waals surface area contributed by atoms with Gasteiger partial charge in [0.25, 0.3) is 5.56 Å². The Morgan fingerprint density at radius 2 is 2.29 bits per heavy atom. The summed E-state index contributed by atoms with van der Waals surface area (Å²) in [5.74, 6) is -0.667. The summed E-state index contributed by atoms with van der Waals surface area (Å²) in [6.07, 6.45) is 2.76. The third kappa shape index (κ3) is 2.46. The highest BCUT2D eigenvalue weighted by Crippen LogP contribution is 2.34. The molecule has 17 heavy (non-hydrogen) atoms. The van der Waals surface area contributed by atoms with Crippen molar-refractivity contribution in [3.63, 3.8) is 0 Å². The fourth-order valence-corrected chi connectivity index (χ4v) is 1.61. The maximum atomic E-state index is 11.5. The molecule has 2 N–H and O–H groups in total. The average molecular weight is 238 g/mol. The first-order valence-electron chi connectivity index (χ1n) is 5.61. The van der Waals surface area contributed by atoms with Gasteiger partial charge in [0.15, 0.2) is 11.3 Å². The smallest absolute Gasteiger partial charge is 0.347 e. The molecule has 0 saturated heterocycles. The number of aromatic hydroxyl groups is 1. The number of hydrogen-bond donors (Lipinski definition) is 2. The molecule has 0 radical (unpaired) electrons. The molecule has 1 heterocycles. The van der Waals surface area contributed by atoms with Gasteiger partial charge in [-0.1, -0.05) is 0 Å². The molecular weight excluding hydrogens is 224 g/mol. The van der Waals surface area contributed by atoms with Crippen LogP contribution >= 0.6 is 0 Å². The summed E-state index contributed by atoms with van der Waals surface area (Å²) in [6, 6.07) is 0. The van der Waals surface area contributed by atoms with Gasteiger partial charge in [0, 0.05) is 0 Å². The number of rotatable bonds is 4. The average Bonchev–Trinajstić information content (AvgIpc) is 3.07. The number of esters is 1. The predicted molar refractivity (Wildman–Crippen MR) is 58.9 cm³/mol. The van der Waals surface area contributed by atoms with Gasteiger partial charge in [-0.25, -0.2) is 9.89 Å². The van der Waals surface area contributed by atoms with Gasteiger partial charge < -0.3 is 9.84 Å². The molecule has 0 amide bonds. The number of nitrogens with one attached hydrogen (secondary N) is 1. The lowest BCUT2D eigenvalue weighted by Gasteiger charge is -2.06. The number of carbonyl (C=O) groups is 1. The van der Waals surface area contributed by atoms with Crippen LogP contribution in [0.5, 0.6) is 5.75 Å². The van der Waals surface area contributed by atoms with Crippen LogP contribution < -0.4 is 5.56 Å². The molecule has 6 nitrogen and oxygen atoms in total. The number of hydrogen-bond acceptors (Lipinski definition) is 5. The summed E-state index contributed by atoms with van der Waals surface area (Å²) in [6.45, 7) is 1.79. The number of nitrogens with zero attached hydrogens (tertiary/aromatic N) is 1. The molecule has 0 aliphatic heterocycles. The van der Waals surface area contributed by atoms with Crippen LogP contribution in [0.3, 0.4) is 0 Å². The van der Waals surface area contributed by atoms with Crippen molar-refractivity contribution < 1.29 is 14.6 Å². The van der Waals surface area contributed by atoms with Gasteiger partial charge >= 0.3 is 5.97 Å². The summed E-state index contributed by atoms with van der Waals surface area (Å²) in [5, 5.41) is 15.8. The quantitative estimate of drug-likeness (QED) is 0.749. The molecular formula is C11H14N2O4. The van der Waals surface area contributed by atoms with Crippen molar-refractivity contribution in [2.24, 2.45) is 5.92 Å². The third-order valence-corrected chi connectivity index (χ3v) is 2.69. The summed E-state index contributed by atoms with van der Waals surface area (Å²) in [7, 11) is 0. The van der Waals surface area contributed by atoms with E-state index in [4.69, 9.17) is 4.74 Å². The maximum Gasteiger partial charge on any atom is 0.347 e. The van der Waals surface area contributed by atoms with E-state index in [1.807, 2.05) is 0 Å². The number of ether oxygens (including phenoxy) is 1. The van der Waals surface area contributed by atoms with E-state index in [0.717, 1.165) is 12.8 Å². The number of aromatic nitrogens is 2. The van der Waals surface area contributed by atoms with Crippen LogP contribution in [0.4, 0.5) is 0 Å². The van der Waals surface area contributed by atoms with Crippen LogP contribution in [0, 0.1) is 5.92 Å². The van der Waals surface area contributed by atoms with Crippen LogP contribution in [-0.4, -0.2) is 27.9 Å². The van der Waals surface area contributed by atoms with Gasteiger partial charge in [0.2, 0.25) is 0 Å². The molecule has 92 valence electrons. The normalized spacial score (nSPS) is 14.6. The van der Waals surface area contributed by atoms with E-state index < -0.39 is 11.5 Å². The highest BCUT2D eigenvalue weighted by molar-refractivity contribution is 5.92. The first kappa shape index (κ1) is 11.6. The van der Waals surface area contributed by atoms with E-state index in [2.05, 4.69) is 10.2 Å². The van der Waals surface area contributed by atoms with E-state index in [9.17, 15) is 14.7 Å². The number of carbonyl (C=O) groups excluding carboxylic acids is 1. The van der Waals surface area contributed by atoms with Crippen molar-refractivity contribution in [1.82, 2.24) is 10.2 Å². The van der Waals surface area contributed by atoms with Crippen molar-refractivity contribution in [2.75, 3.05) is 6.61 Å². The molecule has 0 atom stereocenters. The minimum atomic E-state index is -0.814. The summed E-state index contributed by atoms with van der Waals surface area (Å²) in [5.41, 5.74) is -0.715. The van der Waals surface area contributed by atoms with Gasteiger partial charge in [-0.3, -0.25) is 4.79 Å². The monoisotopic (exact) mass is 238 g/mol. The Bertz CT molecular complexity index is 491. The third-order valence-electron chi connectivity index (χ3n) is 2.69. The molecule has 6 heteroatoms. The molecule has 1 aliphatic carbocycles. The zero-order chi connectivity index (χ0) is 12.4. The Kier molecular flexibility index (Phi) is 3.12. The molecule has 1 aromatic rings. The lowest BCUT2D eigenvalue weighted by molar-refractivity contribution is 0.0520. The lowest BCUT2D eigenvalue weighted by Crippen LogP contribution is -2.22. The summed E-state index contributed by atoms with van der Waals surface area (Å²) >= 11 is 0. The lowest BCUT2D eigenvalue weighted by atomic mass is 10.1. The summed E-state index contributed by atoms with van der Waals surface area (Å²) in [4.78, 5) is 22.9. The fourth-order valence-electron chi connectivity index (χ4n) is 1.61. The minimum Gasteiger partial charge on any atom is -0.505 e. The second-order valence-corrected chi connectivity index (χ2v) is 4.09. The Morgan fingerprint density at radius 3 is 2.88 bits per heavy atom. The molecule has 2 rings (SSSR count).